The number of benzene rings is 2. The van der Waals surface area contributed by atoms with Gasteiger partial charge in [0.15, 0.2) is 5.11 Å². The maximum absolute atomic E-state index is 13.0. The minimum Gasteiger partial charge on any atom is -0.370 e. The van der Waals surface area contributed by atoms with Crippen LogP contribution in [0.3, 0.4) is 0 Å². The Hall–Kier alpha value is -2.02. The molecular formula is C20H25FN3OS+. The number of rotatable bonds is 5. The molecule has 1 aliphatic heterocycles. The molecule has 0 amide bonds. The van der Waals surface area contributed by atoms with Crippen LogP contribution in [0.5, 0.6) is 0 Å². The zero-order valence-corrected chi connectivity index (χ0v) is 15.7. The zero-order chi connectivity index (χ0) is 18.4. The van der Waals surface area contributed by atoms with Crippen LogP contribution in [-0.2, 0) is 4.74 Å². The van der Waals surface area contributed by atoms with Gasteiger partial charge in [0.05, 0.1) is 19.3 Å². The van der Waals surface area contributed by atoms with Crippen LogP contribution >= 0.6 is 12.2 Å². The number of morpholine rings is 1. The van der Waals surface area contributed by atoms with Crippen LogP contribution in [0.2, 0.25) is 0 Å². The SMILES string of the molecule is C[C@H](NC(=S)Nc1ccc(F)cc1)[C@@H](c1ccccc1)[NH+]1CCOCC1. The highest BCUT2D eigenvalue weighted by molar-refractivity contribution is 7.80. The highest BCUT2D eigenvalue weighted by Gasteiger charge is 2.31. The van der Waals surface area contributed by atoms with E-state index in [0.29, 0.717) is 5.11 Å². The Morgan fingerprint density at radius 3 is 2.38 bits per heavy atom. The standard InChI is InChI=1S/C20H24FN3OS/c1-15(22-20(26)23-18-9-7-17(21)8-10-18)19(16-5-3-2-4-6-16)24-11-13-25-14-12-24/h2-10,15,19H,11-14H2,1H3,(H2,22,23,26)/p+1/t15-,19-/m0/s1. The second-order valence-electron chi connectivity index (χ2n) is 6.55. The van der Waals surface area contributed by atoms with Crippen LogP contribution < -0.4 is 15.5 Å². The van der Waals surface area contributed by atoms with E-state index in [-0.39, 0.29) is 17.9 Å². The van der Waals surface area contributed by atoms with Gasteiger partial charge in [0.1, 0.15) is 24.9 Å². The van der Waals surface area contributed by atoms with Gasteiger partial charge in [-0.2, -0.15) is 0 Å². The van der Waals surface area contributed by atoms with Crippen LogP contribution in [0.15, 0.2) is 54.6 Å². The molecule has 1 heterocycles. The molecule has 0 unspecified atom stereocenters. The summed E-state index contributed by atoms with van der Waals surface area (Å²) in [6, 6.07) is 17.1. The quantitative estimate of drug-likeness (QED) is 0.702. The summed E-state index contributed by atoms with van der Waals surface area (Å²) in [5, 5.41) is 7.07. The molecular weight excluding hydrogens is 349 g/mol. The molecule has 0 bridgehead atoms. The molecule has 26 heavy (non-hydrogen) atoms. The number of nitrogens with one attached hydrogen (secondary N) is 3. The summed E-state index contributed by atoms with van der Waals surface area (Å²) in [6.07, 6.45) is 0. The topological polar surface area (TPSA) is 37.7 Å². The summed E-state index contributed by atoms with van der Waals surface area (Å²) < 4.78 is 18.6. The maximum Gasteiger partial charge on any atom is 0.171 e. The first-order valence-corrected chi connectivity index (χ1v) is 9.34. The lowest BCUT2D eigenvalue weighted by atomic mass is 9.98. The summed E-state index contributed by atoms with van der Waals surface area (Å²) in [7, 11) is 0. The van der Waals surface area contributed by atoms with Crippen LogP contribution in [0.4, 0.5) is 10.1 Å². The Kier molecular flexibility index (Phi) is 6.55. The highest BCUT2D eigenvalue weighted by Crippen LogP contribution is 2.15. The van der Waals surface area contributed by atoms with Crippen LogP contribution in [0.25, 0.3) is 0 Å². The van der Waals surface area contributed by atoms with Gasteiger partial charge < -0.3 is 20.3 Å². The molecule has 0 saturated carbocycles. The van der Waals surface area contributed by atoms with E-state index in [1.807, 2.05) is 6.07 Å². The molecule has 0 aliphatic carbocycles. The van der Waals surface area contributed by atoms with E-state index in [0.717, 1.165) is 32.0 Å². The minimum atomic E-state index is -0.261. The van der Waals surface area contributed by atoms with Gasteiger partial charge >= 0.3 is 0 Å². The molecule has 2 atom stereocenters. The fraction of sp³-hybridized carbons (Fsp3) is 0.350. The van der Waals surface area contributed by atoms with E-state index in [4.69, 9.17) is 17.0 Å². The second-order valence-corrected chi connectivity index (χ2v) is 6.96. The highest BCUT2D eigenvalue weighted by atomic mass is 32.1. The Balaban J connectivity index is 1.69. The first kappa shape index (κ1) is 18.8. The van der Waals surface area contributed by atoms with Crippen molar-refractivity contribution in [3.63, 3.8) is 0 Å². The molecule has 2 aromatic rings. The van der Waals surface area contributed by atoms with Gasteiger partial charge in [0.2, 0.25) is 0 Å². The lowest BCUT2D eigenvalue weighted by Gasteiger charge is -2.35. The van der Waals surface area contributed by atoms with Gasteiger partial charge in [0, 0.05) is 11.3 Å². The molecule has 3 N–H and O–H groups in total. The predicted molar refractivity (Wildman–Crippen MR) is 106 cm³/mol. The number of anilines is 1. The van der Waals surface area contributed by atoms with Crippen molar-refractivity contribution in [2.45, 2.75) is 19.0 Å². The van der Waals surface area contributed by atoms with E-state index >= 15 is 0 Å². The van der Waals surface area contributed by atoms with Crippen molar-refractivity contribution in [2.24, 2.45) is 0 Å². The number of thiocarbonyl (C=S) groups is 1. The molecule has 1 fully saturated rings. The maximum atomic E-state index is 13.0. The Morgan fingerprint density at radius 2 is 1.73 bits per heavy atom. The molecule has 138 valence electrons. The number of hydrogen-bond donors (Lipinski definition) is 3. The zero-order valence-electron chi connectivity index (χ0n) is 14.9. The fourth-order valence-electron chi connectivity index (χ4n) is 3.47. The monoisotopic (exact) mass is 374 g/mol. The van der Waals surface area contributed by atoms with Gasteiger partial charge in [-0.1, -0.05) is 30.3 Å². The van der Waals surface area contributed by atoms with Gasteiger partial charge in [-0.05, 0) is 43.4 Å². The largest absolute Gasteiger partial charge is 0.370 e. The van der Waals surface area contributed by atoms with Gasteiger partial charge in [-0.3, -0.25) is 0 Å². The summed E-state index contributed by atoms with van der Waals surface area (Å²) in [5.74, 6) is -0.261. The molecule has 4 nitrogen and oxygen atoms in total. The van der Waals surface area contributed by atoms with Crippen LogP contribution in [0.1, 0.15) is 18.5 Å². The van der Waals surface area contributed by atoms with Crippen molar-refractivity contribution in [3.05, 3.63) is 66.0 Å². The molecule has 3 rings (SSSR count). The fourth-order valence-corrected chi connectivity index (χ4v) is 3.78. The van der Waals surface area contributed by atoms with E-state index in [1.165, 1.54) is 22.6 Å². The smallest absolute Gasteiger partial charge is 0.171 e. The number of ether oxygens (including phenoxy) is 1. The lowest BCUT2D eigenvalue weighted by molar-refractivity contribution is -0.940. The summed E-state index contributed by atoms with van der Waals surface area (Å²) in [6.45, 7) is 5.67. The van der Waals surface area contributed by atoms with Gasteiger partial charge in [-0.15, -0.1) is 0 Å². The van der Waals surface area contributed by atoms with Crippen LogP contribution in [-0.4, -0.2) is 37.5 Å². The Morgan fingerprint density at radius 1 is 1.08 bits per heavy atom. The molecule has 0 spiro atoms. The summed E-state index contributed by atoms with van der Waals surface area (Å²) in [5.41, 5.74) is 2.06. The summed E-state index contributed by atoms with van der Waals surface area (Å²) >= 11 is 5.47. The normalized spacial score (nSPS) is 17.3. The molecule has 1 saturated heterocycles. The number of hydrogen-bond acceptors (Lipinski definition) is 2. The van der Waals surface area contributed by atoms with Crippen LogP contribution in [0, 0.1) is 5.82 Å². The number of halogens is 1. The average Bonchev–Trinajstić information content (AvgIpc) is 2.65. The molecule has 2 aromatic carbocycles. The van der Waals surface area contributed by atoms with Gasteiger partial charge in [-0.25, -0.2) is 4.39 Å². The molecule has 0 aromatic heterocycles. The third-order valence-electron chi connectivity index (χ3n) is 4.69. The van der Waals surface area contributed by atoms with E-state index in [9.17, 15) is 4.39 Å². The van der Waals surface area contributed by atoms with E-state index < -0.39 is 0 Å². The Bertz CT molecular complexity index is 705. The van der Waals surface area contributed by atoms with Crippen molar-refractivity contribution in [1.29, 1.82) is 0 Å². The average molecular weight is 375 g/mol. The Labute approximate surface area is 159 Å². The second kappa shape index (κ2) is 9.07. The first-order chi connectivity index (χ1) is 12.6. The van der Waals surface area contributed by atoms with Gasteiger partial charge in [0.25, 0.3) is 0 Å². The minimum absolute atomic E-state index is 0.131. The third-order valence-corrected chi connectivity index (χ3v) is 4.91. The van der Waals surface area contributed by atoms with Crippen molar-refractivity contribution in [2.75, 3.05) is 31.6 Å². The summed E-state index contributed by atoms with van der Waals surface area (Å²) in [4.78, 5) is 1.49. The molecule has 6 heteroatoms. The molecule has 1 aliphatic rings. The van der Waals surface area contributed by atoms with Crippen molar-refractivity contribution in [3.8, 4) is 0 Å². The van der Waals surface area contributed by atoms with E-state index in [1.54, 1.807) is 12.1 Å². The van der Waals surface area contributed by atoms with Crippen molar-refractivity contribution >= 4 is 23.0 Å². The first-order valence-electron chi connectivity index (χ1n) is 8.94. The van der Waals surface area contributed by atoms with Crippen molar-refractivity contribution in [1.82, 2.24) is 5.32 Å². The van der Waals surface area contributed by atoms with E-state index in [2.05, 4.69) is 41.8 Å². The number of quaternary nitrogens is 1. The lowest BCUT2D eigenvalue weighted by Crippen LogP contribution is -3.15. The third kappa shape index (κ3) is 5.00. The van der Waals surface area contributed by atoms with Crippen molar-refractivity contribution < 1.29 is 14.0 Å². The molecule has 0 radical (unpaired) electrons. The predicted octanol–water partition coefficient (Wildman–Crippen LogP) is 2.16.